The minimum atomic E-state index is -3.68. The third kappa shape index (κ3) is 3.41. The van der Waals surface area contributed by atoms with Crippen molar-refractivity contribution in [3.05, 3.63) is 24.3 Å². The Morgan fingerprint density at radius 1 is 1.27 bits per heavy atom. The summed E-state index contributed by atoms with van der Waals surface area (Å²) in [5.74, 6) is 0.349. The molecule has 1 aromatic rings. The molecule has 2 rings (SSSR count). The molecule has 1 aromatic carbocycles. The maximum Gasteiger partial charge on any atom is 0.243 e. The number of benzene rings is 1. The third-order valence-electron chi connectivity index (χ3n) is 3.60. The molecular weight excluding hydrogens is 304 g/mol. The number of hydrogen-bond donors (Lipinski definition) is 0. The van der Waals surface area contributed by atoms with Crippen molar-refractivity contribution in [1.82, 2.24) is 9.21 Å². The van der Waals surface area contributed by atoms with Gasteiger partial charge in [-0.25, -0.2) is 8.42 Å². The Bertz CT molecular complexity index is 643. The van der Waals surface area contributed by atoms with Crippen molar-refractivity contribution in [2.45, 2.75) is 31.7 Å². The van der Waals surface area contributed by atoms with Gasteiger partial charge in [0.15, 0.2) is 0 Å². The first-order valence-corrected chi connectivity index (χ1v) is 8.82. The van der Waals surface area contributed by atoms with Crippen molar-refractivity contribution < 1.29 is 17.9 Å². The van der Waals surface area contributed by atoms with Gasteiger partial charge in [-0.2, -0.15) is 4.31 Å². The maximum atomic E-state index is 12.7. The van der Waals surface area contributed by atoms with E-state index in [4.69, 9.17) is 4.74 Å². The van der Waals surface area contributed by atoms with Crippen molar-refractivity contribution in [3.63, 3.8) is 0 Å². The van der Waals surface area contributed by atoms with Gasteiger partial charge < -0.3 is 9.64 Å². The molecule has 0 bridgehead atoms. The molecule has 7 heteroatoms. The highest BCUT2D eigenvalue weighted by Gasteiger charge is 2.33. The van der Waals surface area contributed by atoms with Crippen LogP contribution in [-0.2, 0) is 14.8 Å². The van der Waals surface area contributed by atoms with Gasteiger partial charge in [-0.15, -0.1) is 0 Å². The summed E-state index contributed by atoms with van der Waals surface area (Å²) in [7, 11) is -3.68. The van der Waals surface area contributed by atoms with Crippen LogP contribution in [0, 0.1) is 0 Å². The van der Waals surface area contributed by atoms with Crippen LogP contribution >= 0.6 is 0 Å². The second-order valence-corrected chi connectivity index (χ2v) is 7.37. The third-order valence-corrected chi connectivity index (χ3v) is 5.44. The molecular formula is C15H22N2O4S. The van der Waals surface area contributed by atoms with E-state index in [1.54, 1.807) is 17.0 Å². The summed E-state index contributed by atoms with van der Waals surface area (Å²) < 4.78 is 31.9. The zero-order valence-electron chi connectivity index (χ0n) is 13.2. The quantitative estimate of drug-likeness (QED) is 0.819. The van der Waals surface area contributed by atoms with Gasteiger partial charge in [-0.05, 0) is 32.9 Å². The first kappa shape index (κ1) is 16.8. The summed E-state index contributed by atoms with van der Waals surface area (Å²) in [6, 6.07) is 6.46. The van der Waals surface area contributed by atoms with Gasteiger partial charge in [0.05, 0.1) is 18.0 Å². The Morgan fingerprint density at radius 2 is 2.00 bits per heavy atom. The van der Waals surface area contributed by atoms with Gasteiger partial charge in [0, 0.05) is 25.2 Å². The first-order chi connectivity index (χ1) is 10.4. The van der Waals surface area contributed by atoms with E-state index in [0.29, 0.717) is 25.4 Å². The van der Waals surface area contributed by atoms with Gasteiger partial charge in [-0.3, -0.25) is 4.79 Å². The number of ether oxygens (including phenoxy) is 1. The maximum absolute atomic E-state index is 12.7. The lowest BCUT2D eigenvalue weighted by atomic mass is 10.2. The zero-order chi connectivity index (χ0) is 16.3. The van der Waals surface area contributed by atoms with Crippen molar-refractivity contribution >= 4 is 15.9 Å². The fourth-order valence-electron chi connectivity index (χ4n) is 2.46. The first-order valence-electron chi connectivity index (χ1n) is 7.38. The second kappa shape index (κ2) is 6.66. The van der Waals surface area contributed by atoms with Crippen LogP contribution in [0.1, 0.15) is 20.8 Å². The number of nitrogens with zero attached hydrogens (tertiary/aromatic N) is 2. The van der Waals surface area contributed by atoms with Crippen LogP contribution < -0.4 is 4.74 Å². The van der Waals surface area contributed by atoms with Crippen molar-refractivity contribution in [3.8, 4) is 5.75 Å². The molecule has 122 valence electrons. The molecule has 1 saturated heterocycles. The highest BCUT2D eigenvalue weighted by Crippen LogP contribution is 2.22. The van der Waals surface area contributed by atoms with E-state index in [0.717, 1.165) is 0 Å². The molecule has 0 atom stereocenters. The summed E-state index contributed by atoms with van der Waals surface area (Å²) >= 11 is 0. The smallest absolute Gasteiger partial charge is 0.243 e. The lowest BCUT2D eigenvalue weighted by molar-refractivity contribution is -0.135. The molecule has 0 saturated carbocycles. The minimum Gasteiger partial charge on any atom is -0.494 e. The number of amides is 1. The van der Waals surface area contributed by atoms with E-state index in [1.807, 2.05) is 20.8 Å². The van der Waals surface area contributed by atoms with Crippen LogP contribution in [0.4, 0.5) is 0 Å². The standard InChI is InChI=1S/C15H22N2O4S/c1-4-21-13-6-5-7-14(10-13)22(19,20)16-8-9-17(12(2)3)15(18)11-16/h5-7,10,12H,4,8-9,11H2,1-3H3. The predicted octanol–water partition coefficient (Wildman–Crippen LogP) is 1.33. The number of carbonyl (C=O) groups excluding carboxylic acids is 1. The van der Waals surface area contributed by atoms with Gasteiger partial charge in [0.2, 0.25) is 15.9 Å². The van der Waals surface area contributed by atoms with Crippen molar-refractivity contribution in [1.29, 1.82) is 0 Å². The van der Waals surface area contributed by atoms with Crippen LogP contribution in [0.3, 0.4) is 0 Å². The van der Waals surface area contributed by atoms with Crippen LogP contribution in [0.2, 0.25) is 0 Å². The fourth-order valence-corrected chi connectivity index (χ4v) is 3.87. The van der Waals surface area contributed by atoms with Crippen molar-refractivity contribution in [2.24, 2.45) is 0 Å². The number of sulfonamides is 1. The highest BCUT2D eigenvalue weighted by molar-refractivity contribution is 7.89. The predicted molar refractivity (Wildman–Crippen MR) is 83.2 cm³/mol. The fraction of sp³-hybridized carbons (Fsp3) is 0.533. The molecule has 1 fully saturated rings. The van der Waals surface area contributed by atoms with Gasteiger partial charge >= 0.3 is 0 Å². The van der Waals surface area contributed by atoms with E-state index in [1.165, 1.54) is 16.4 Å². The van der Waals surface area contributed by atoms with Crippen LogP contribution in [0.25, 0.3) is 0 Å². The molecule has 1 amide bonds. The number of piperazine rings is 1. The monoisotopic (exact) mass is 326 g/mol. The molecule has 0 spiro atoms. The summed E-state index contributed by atoms with van der Waals surface area (Å²) in [6.07, 6.45) is 0. The normalized spacial score (nSPS) is 17.1. The molecule has 1 aliphatic rings. The Hall–Kier alpha value is -1.60. The molecule has 6 nitrogen and oxygen atoms in total. The van der Waals surface area contributed by atoms with E-state index in [2.05, 4.69) is 0 Å². The molecule has 0 aliphatic carbocycles. The summed E-state index contributed by atoms with van der Waals surface area (Å²) in [5.41, 5.74) is 0. The van der Waals surface area contributed by atoms with Crippen LogP contribution in [0.5, 0.6) is 5.75 Å². The van der Waals surface area contributed by atoms with E-state index in [9.17, 15) is 13.2 Å². The lowest BCUT2D eigenvalue weighted by Gasteiger charge is -2.36. The summed E-state index contributed by atoms with van der Waals surface area (Å²) in [6.45, 7) is 6.77. The van der Waals surface area contributed by atoms with E-state index >= 15 is 0 Å². The van der Waals surface area contributed by atoms with Gasteiger partial charge in [-0.1, -0.05) is 6.07 Å². The highest BCUT2D eigenvalue weighted by atomic mass is 32.2. The Balaban J connectivity index is 2.21. The van der Waals surface area contributed by atoms with Crippen LogP contribution in [-0.4, -0.2) is 55.8 Å². The topological polar surface area (TPSA) is 66.9 Å². The molecule has 0 radical (unpaired) electrons. The number of rotatable bonds is 5. The number of carbonyl (C=O) groups is 1. The largest absolute Gasteiger partial charge is 0.494 e. The van der Waals surface area contributed by atoms with Gasteiger partial charge in [0.25, 0.3) is 0 Å². The minimum absolute atomic E-state index is 0.0821. The molecule has 1 heterocycles. The number of hydrogen-bond acceptors (Lipinski definition) is 4. The van der Waals surface area contributed by atoms with Gasteiger partial charge in [0.1, 0.15) is 5.75 Å². The molecule has 1 aliphatic heterocycles. The summed E-state index contributed by atoms with van der Waals surface area (Å²) in [5, 5.41) is 0. The SMILES string of the molecule is CCOc1cccc(S(=O)(=O)N2CCN(C(C)C)C(=O)C2)c1. The van der Waals surface area contributed by atoms with E-state index < -0.39 is 10.0 Å². The molecule has 22 heavy (non-hydrogen) atoms. The second-order valence-electron chi connectivity index (χ2n) is 5.43. The Morgan fingerprint density at radius 3 is 2.59 bits per heavy atom. The average Bonchev–Trinajstić information content (AvgIpc) is 2.47. The Labute approximate surface area is 131 Å². The van der Waals surface area contributed by atoms with Crippen molar-refractivity contribution in [2.75, 3.05) is 26.2 Å². The van der Waals surface area contributed by atoms with E-state index in [-0.39, 0.29) is 23.4 Å². The Kier molecular flexibility index (Phi) is 5.08. The molecule has 0 unspecified atom stereocenters. The lowest BCUT2D eigenvalue weighted by Crippen LogP contribution is -2.54. The zero-order valence-corrected chi connectivity index (χ0v) is 14.0. The summed E-state index contributed by atoms with van der Waals surface area (Å²) in [4.78, 5) is 13.9. The molecule has 0 N–H and O–H groups in total. The van der Waals surface area contributed by atoms with Crippen LogP contribution in [0.15, 0.2) is 29.2 Å². The molecule has 0 aromatic heterocycles. The average molecular weight is 326 g/mol.